The van der Waals surface area contributed by atoms with Crippen LogP contribution in [0.5, 0.6) is 0 Å². The van der Waals surface area contributed by atoms with Crippen LogP contribution < -0.4 is 10.6 Å². The highest BCUT2D eigenvalue weighted by molar-refractivity contribution is 5.95. The second-order valence-electron chi connectivity index (χ2n) is 4.73. The fourth-order valence-corrected chi connectivity index (χ4v) is 1.89. The van der Waals surface area contributed by atoms with E-state index in [0.29, 0.717) is 19.8 Å². The molecule has 0 aromatic carbocycles. The lowest BCUT2D eigenvalue weighted by Gasteiger charge is -2.29. The second kappa shape index (κ2) is 8.49. The zero-order valence-corrected chi connectivity index (χ0v) is 11.6. The minimum atomic E-state index is -1.07. The Morgan fingerprint density at radius 2 is 1.90 bits per heavy atom. The van der Waals surface area contributed by atoms with Crippen molar-refractivity contribution in [1.29, 1.82) is 0 Å². The molecule has 1 aliphatic rings. The van der Waals surface area contributed by atoms with E-state index >= 15 is 0 Å². The maximum Gasteiger partial charge on any atom is 0.321 e. The van der Waals surface area contributed by atoms with E-state index in [9.17, 15) is 14.4 Å². The number of amides is 3. The van der Waals surface area contributed by atoms with E-state index in [0.717, 1.165) is 13.1 Å². The Morgan fingerprint density at radius 1 is 1.25 bits per heavy atom. The molecule has 1 fully saturated rings. The number of nitrogens with one attached hydrogen (secondary N) is 2. The minimum Gasteiger partial charge on any atom is -0.481 e. The van der Waals surface area contributed by atoms with Gasteiger partial charge in [0.1, 0.15) is 0 Å². The molecular formula is C12H21N3O5. The number of carbonyl (C=O) groups is 3. The Labute approximate surface area is 117 Å². The Morgan fingerprint density at radius 3 is 2.50 bits per heavy atom. The Balaban J connectivity index is 2.19. The maximum absolute atomic E-state index is 11.5. The summed E-state index contributed by atoms with van der Waals surface area (Å²) in [4.78, 5) is 35.2. The van der Waals surface area contributed by atoms with Gasteiger partial charge in [0.2, 0.25) is 5.91 Å². The van der Waals surface area contributed by atoms with Crippen LogP contribution in [0, 0.1) is 0 Å². The van der Waals surface area contributed by atoms with E-state index in [1.165, 1.54) is 0 Å². The van der Waals surface area contributed by atoms with Gasteiger partial charge in [-0.3, -0.25) is 19.8 Å². The standard InChI is InChI=1S/C12H21N3O5/c1-9(8-15-4-6-20-7-5-15)13-12(19)14-10(16)2-3-11(17)18/h9H,2-8H2,1H3,(H,17,18)(H2,13,14,16,19). The lowest BCUT2D eigenvalue weighted by Crippen LogP contribution is -2.49. The van der Waals surface area contributed by atoms with Crippen LogP contribution in [0.4, 0.5) is 4.79 Å². The van der Waals surface area contributed by atoms with Gasteiger partial charge < -0.3 is 15.2 Å². The predicted molar refractivity (Wildman–Crippen MR) is 70.3 cm³/mol. The molecule has 8 heteroatoms. The predicted octanol–water partition coefficient (Wildman–Crippen LogP) is -0.602. The van der Waals surface area contributed by atoms with Crippen molar-refractivity contribution >= 4 is 17.9 Å². The highest BCUT2D eigenvalue weighted by Crippen LogP contribution is 1.98. The number of carboxylic acid groups (broad SMARTS) is 1. The van der Waals surface area contributed by atoms with Gasteiger partial charge in [0.15, 0.2) is 0 Å². The van der Waals surface area contributed by atoms with E-state index in [4.69, 9.17) is 9.84 Å². The normalized spacial score (nSPS) is 17.2. The van der Waals surface area contributed by atoms with Crippen LogP contribution in [0.15, 0.2) is 0 Å². The third-order valence-electron chi connectivity index (χ3n) is 2.83. The fourth-order valence-electron chi connectivity index (χ4n) is 1.89. The lowest BCUT2D eigenvalue weighted by molar-refractivity contribution is -0.138. The molecule has 0 bridgehead atoms. The molecule has 0 aliphatic carbocycles. The molecule has 20 heavy (non-hydrogen) atoms. The number of imide groups is 1. The third-order valence-corrected chi connectivity index (χ3v) is 2.83. The molecule has 8 nitrogen and oxygen atoms in total. The molecule has 3 N–H and O–H groups in total. The van der Waals surface area contributed by atoms with Crippen molar-refractivity contribution in [2.75, 3.05) is 32.8 Å². The van der Waals surface area contributed by atoms with E-state index in [-0.39, 0.29) is 18.9 Å². The van der Waals surface area contributed by atoms with Gasteiger partial charge in [-0.25, -0.2) is 4.79 Å². The molecule has 1 saturated heterocycles. The van der Waals surface area contributed by atoms with E-state index < -0.39 is 17.9 Å². The summed E-state index contributed by atoms with van der Waals surface area (Å²) in [5.74, 6) is -1.66. The quantitative estimate of drug-likeness (QED) is 0.602. The summed E-state index contributed by atoms with van der Waals surface area (Å²) < 4.78 is 5.23. The highest BCUT2D eigenvalue weighted by Gasteiger charge is 2.16. The molecule has 0 saturated carbocycles. The van der Waals surface area contributed by atoms with Crippen molar-refractivity contribution < 1.29 is 24.2 Å². The fraction of sp³-hybridized carbons (Fsp3) is 0.750. The number of aliphatic carboxylic acids is 1. The van der Waals surface area contributed by atoms with Crippen molar-refractivity contribution in [2.45, 2.75) is 25.8 Å². The first kappa shape index (κ1) is 16.4. The van der Waals surface area contributed by atoms with Gasteiger partial charge in [0.25, 0.3) is 0 Å². The van der Waals surface area contributed by atoms with Crippen molar-refractivity contribution in [3.05, 3.63) is 0 Å². The summed E-state index contributed by atoms with van der Waals surface area (Å²) in [6.07, 6.45) is -0.497. The van der Waals surface area contributed by atoms with Crippen LogP contribution in [0.1, 0.15) is 19.8 Å². The first-order chi connectivity index (χ1) is 9.47. The molecular weight excluding hydrogens is 266 g/mol. The van der Waals surface area contributed by atoms with Gasteiger partial charge in [-0.2, -0.15) is 0 Å². The maximum atomic E-state index is 11.5. The molecule has 3 amide bonds. The van der Waals surface area contributed by atoms with E-state index in [1.807, 2.05) is 6.92 Å². The van der Waals surface area contributed by atoms with E-state index in [2.05, 4.69) is 15.5 Å². The molecule has 0 aromatic rings. The number of hydrogen-bond acceptors (Lipinski definition) is 5. The molecule has 1 atom stereocenters. The summed E-state index contributed by atoms with van der Waals surface area (Å²) in [5, 5.41) is 13.2. The zero-order chi connectivity index (χ0) is 15.0. The first-order valence-electron chi connectivity index (χ1n) is 6.59. The molecule has 0 aromatic heterocycles. The summed E-state index contributed by atoms with van der Waals surface area (Å²) in [5.41, 5.74) is 0. The van der Waals surface area contributed by atoms with Crippen molar-refractivity contribution in [3.63, 3.8) is 0 Å². The monoisotopic (exact) mass is 287 g/mol. The minimum absolute atomic E-state index is 0.111. The van der Waals surface area contributed by atoms with Crippen LogP contribution in [0.2, 0.25) is 0 Å². The van der Waals surface area contributed by atoms with Gasteiger partial charge in [0, 0.05) is 32.1 Å². The molecule has 1 unspecified atom stereocenters. The van der Waals surface area contributed by atoms with Crippen LogP contribution >= 0.6 is 0 Å². The van der Waals surface area contributed by atoms with Crippen LogP contribution in [-0.4, -0.2) is 66.8 Å². The van der Waals surface area contributed by atoms with Crippen molar-refractivity contribution in [2.24, 2.45) is 0 Å². The van der Waals surface area contributed by atoms with Crippen LogP contribution in [0.25, 0.3) is 0 Å². The van der Waals surface area contributed by atoms with E-state index in [1.54, 1.807) is 0 Å². The number of carbonyl (C=O) groups excluding carboxylic acids is 2. The van der Waals surface area contributed by atoms with Crippen molar-refractivity contribution in [1.82, 2.24) is 15.5 Å². The summed E-state index contributed by atoms with van der Waals surface area (Å²) in [6.45, 7) is 5.55. The summed E-state index contributed by atoms with van der Waals surface area (Å²) >= 11 is 0. The van der Waals surface area contributed by atoms with Gasteiger partial charge >= 0.3 is 12.0 Å². The van der Waals surface area contributed by atoms with Crippen LogP contribution in [0.3, 0.4) is 0 Å². The third kappa shape index (κ3) is 7.05. The van der Waals surface area contributed by atoms with Gasteiger partial charge in [0.05, 0.1) is 19.6 Å². The van der Waals surface area contributed by atoms with Crippen LogP contribution in [-0.2, 0) is 14.3 Å². The molecule has 0 spiro atoms. The largest absolute Gasteiger partial charge is 0.481 e. The topological polar surface area (TPSA) is 108 Å². The number of morpholine rings is 1. The average molecular weight is 287 g/mol. The Bertz CT molecular complexity index is 355. The molecule has 1 aliphatic heterocycles. The SMILES string of the molecule is CC(CN1CCOCC1)NC(=O)NC(=O)CCC(=O)O. The Hall–Kier alpha value is -1.67. The smallest absolute Gasteiger partial charge is 0.321 e. The number of carboxylic acids is 1. The Kier molecular flexibility index (Phi) is 6.96. The van der Waals surface area contributed by atoms with Gasteiger partial charge in [-0.05, 0) is 6.92 Å². The summed E-state index contributed by atoms with van der Waals surface area (Å²) in [6, 6.07) is -0.707. The number of urea groups is 1. The molecule has 1 heterocycles. The van der Waals surface area contributed by atoms with Gasteiger partial charge in [-0.15, -0.1) is 0 Å². The number of nitrogens with zero attached hydrogens (tertiary/aromatic N) is 1. The first-order valence-corrected chi connectivity index (χ1v) is 6.59. The molecule has 0 radical (unpaired) electrons. The number of rotatable bonds is 6. The number of hydrogen-bond donors (Lipinski definition) is 3. The highest BCUT2D eigenvalue weighted by atomic mass is 16.5. The average Bonchev–Trinajstić information content (AvgIpc) is 2.37. The van der Waals surface area contributed by atoms with Gasteiger partial charge in [-0.1, -0.05) is 0 Å². The lowest BCUT2D eigenvalue weighted by atomic mass is 10.3. The number of ether oxygens (including phenoxy) is 1. The van der Waals surface area contributed by atoms with Crippen molar-refractivity contribution in [3.8, 4) is 0 Å². The zero-order valence-electron chi connectivity index (χ0n) is 11.6. The molecule has 1 rings (SSSR count). The summed E-state index contributed by atoms with van der Waals surface area (Å²) in [7, 11) is 0. The molecule has 114 valence electrons. The second-order valence-corrected chi connectivity index (χ2v) is 4.73.